The van der Waals surface area contributed by atoms with Gasteiger partial charge in [0.15, 0.2) is 0 Å². The smallest absolute Gasteiger partial charge is 0.245 e. The van der Waals surface area contributed by atoms with Gasteiger partial charge >= 0.3 is 0 Å². The molecule has 0 aliphatic carbocycles. The van der Waals surface area contributed by atoms with Gasteiger partial charge in [0.25, 0.3) is 0 Å². The average Bonchev–Trinajstić information content (AvgIpc) is 2.25. The van der Waals surface area contributed by atoms with Crippen molar-refractivity contribution in [3.63, 3.8) is 0 Å². The molecule has 1 atom stereocenters. The van der Waals surface area contributed by atoms with Crippen LogP contribution in [0.15, 0.2) is 23.1 Å². The molecule has 0 spiro atoms. The third-order valence-corrected chi connectivity index (χ3v) is 4.16. The number of hydrogen-bond donors (Lipinski definition) is 3. The quantitative estimate of drug-likeness (QED) is 0.690. The molecule has 0 aromatic heterocycles. The number of sulfonamides is 1. The van der Waals surface area contributed by atoms with Crippen LogP contribution in [0.5, 0.6) is 0 Å². The summed E-state index contributed by atoms with van der Waals surface area (Å²) in [4.78, 5) is -0.580. The Morgan fingerprint density at radius 2 is 2.06 bits per heavy atom. The Morgan fingerprint density at radius 1 is 1.44 bits per heavy atom. The van der Waals surface area contributed by atoms with E-state index >= 15 is 0 Å². The van der Waals surface area contributed by atoms with Gasteiger partial charge in [-0.2, -0.15) is 0 Å². The van der Waals surface area contributed by atoms with E-state index < -0.39 is 26.8 Å². The monoisotopic (exact) mass is 276 g/mol. The minimum atomic E-state index is -4.09. The maximum atomic E-state index is 13.5. The van der Waals surface area contributed by atoms with E-state index in [1.54, 1.807) is 13.8 Å². The molecule has 0 saturated heterocycles. The van der Waals surface area contributed by atoms with Crippen molar-refractivity contribution in [1.29, 1.82) is 0 Å². The number of rotatable bonds is 5. The molecule has 102 valence electrons. The summed E-state index contributed by atoms with van der Waals surface area (Å²) in [7, 11) is -4.09. The van der Waals surface area contributed by atoms with E-state index in [2.05, 4.69) is 4.72 Å². The number of aliphatic hydroxyl groups is 1. The summed E-state index contributed by atoms with van der Waals surface area (Å²) < 4.78 is 39.8. The van der Waals surface area contributed by atoms with Crippen LogP contribution in [0.4, 0.5) is 10.1 Å². The second-order valence-corrected chi connectivity index (χ2v) is 5.96. The van der Waals surface area contributed by atoms with Gasteiger partial charge in [0.1, 0.15) is 10.7 Å². The molecule has 1 aromatic carbocycles. The van der Waals surface area contributed by atoms with Gasteiger partial charge in [0.2, 0.25) is 10.0 Å². The zero-order chi connectivity index (χ0) is 13.9. The summed E-state index contributed by atoms with van der Waals surface area (Å²) in [6.45, 7) is 3.12. The fourth-order valence-corrected chi connectivity index (χ4v) is 3.02. The lowest BCUT2D eigenvalue weighted by atomic mass is 10.1. The van der Waals surface area contributed by atoms with E-state index in [0.717, 1.165) is 6.07 Å². The number of benzene rings is 1. The summed E-state index contributed by atoms with van der Waals surface area (Å²) >= 11 is 0. The molecular formula is C11H17FN2O3S. The van der Waals surface area contributed by atoms with Gasteiger partial charge in [-0.05, 0) is 18.1 Å². The molecule has 0 saturated carbocycles. The first-order chi connectivity index (χ1) is 8.29. The number of nitrogen functional groups attached to an aromatic ring is 1. The Kier molecular flexibility index (Phi) is 4.66. The third-order valence-electron chi connectivity index (χ3n) is 2.57. The maximum absolute atomic E-state index is 13.5. The van der Waals surface area contributed by atoms with Crippen LogP contribution in [0, 0.1) is 11.7 Å². The van der Waals surface area contributed by atoms with Crippen LogP contribution in [0.1, 0.15) is 13.8 Å². The zero-order valence-corrected chi connectivity index (χ0v) is 11.0. The van der Waals surface area contributed by atoms with Crippen LogP contribution < -0.4 is 10.5 Å². The molecule has 0 heterocycles. The highest BCUT2D eigenvalue weighted by molar-refractivity contribution is 7.89. The summed E-state index contributed by atoms with van der Waals surface area (Å²) in [6.07, 6.45) is 0. The van der Waals surface area contributed by atoms with Crippen molar-refractivity contribution in [1.82, 2.24) is 4.72 Å². The highest BCUT2D eigenvalue weighted by atomic mass is 32.2. The third kappa shape index (κ3) is 3.18. The van der Waals surface area contributed by atoms with Gasteiger partial charge in [-0.15, -0.1) is 0 Å². The van der Waals surface area contributed by atoms with E-state index in [9.17, 15) is 12.8 Å². The van der Waals surface area contributed by atoms with Crippen LogP contribution >= 0.6 is 0 Å². The Morgan fingerprint density at radius 3 is 2.50 bits per heavy atom. The van der Waals surface area contributed by atoms with Crippen molar-refractivity contribution in [2.45, 2.75) is 24.8 Å². The average molecular weight is 276 g/mol. The number of aliphatic hydroxyl groups excluding tert-OH is 1. The standard InChI is InChI=1S/C11H17FN2O3S/c1-7(2)10(6-15)14-18(16,17)11-8(12)4-3-5-9(11)13/h3-5,7,10,14-15H,6,13H2,1-2H3. The largest absolute Gasteiger partial charge is 0.398 e. The predicted molar refractivity (Wildman–Crippen MR) is 66.8 cm³/mol. The first-order valence-corrected chi connectivity index (χ1v) is 6.95. The summed E-state index contributed by atoms with van der Waals surface area (Å²) in [6, 6.07) is 2.97. The number of nitrogens with one attached hydrogen (secondary N) is 1. The van der Waals surface area contributed by atoms with Crippen LogP contribution in [-0.4, -0.2) is 26.2 Å². The topological polar surface area (TPSA) is 92.4 Å². The van der Waals surface area contributed by atoms with Gasteiger partial charge < -0.3 is 10.8 Å². The van der Waals surface area contributed by atoms with Crippen molar-refractivity contribution in [3.05, 3.63) is 24.0 Å². The van der Waals surface area contributed by atoms with Gasteiger partial charge in [-0.1, -0.05) is 19.9 Å². The molecule has 0 aliphatic heterocycles. The van der Waals surface area contributed by atoms with Crippen molar-refractivity contribution in [2.75, 3.05) is 12.3 Å². The van der Waals surface area contributed by atoms with E-state index in [1.165, 1.54) is 12.1 Å². The molecule has 0 amide bonds. The number of halogens is 1. The lowest BCUT2D eigenvalue weighted by Gasteiger charge is -2.20. The van der Waals surface area contributed by atoms with E-state index in [1.807, 2.05) is 0 Å². The minimum Gasteiger partial charge on any atom is -0.398 e. The first-order valence-electron chi connectivity index (χ1n) is 5.46. The Labute approximate surface area is 106 Å². The van der Waals surface area contributed by atoms with Crippen LogP contribution in [0.25, 0.3) is 0 Å². The highest BCUT2D eigenvalue weighted by Crippen LogP contribution is 2.22. The molecule has 4 N–H and O–H groups in total. The number of anilines is 1. The van der Waals surface area contributed by atoms with Crippen molar-refractivity contribution in [2.24, 2.45) is 5.92 Å². The molecule has 1 unspecified atom stereocenters. The lowest BCUT2D eigenvalue weighted by Crippen LogP contribution is -2.41. The van der Waals surface area contributed by atoms with E-state index in [4.69, 9.17) is 10.8 Å². The maximum Gasteiger partial charge on any atom is 0.245 e. The van der Waals surface area contributed by atoms with Gasteiger partial charge in [0.05, 0.1) is 12.3 Å². The molecule has 0 fully saturated rings. The van der Waals surface area contributed by atoms with Crippen molar-refractivity contribution < 1.29 is 17.9 Å². The zero-order valence-electron chi connectivity index (χ0n) is 10.2. The Hall–Kier alpha value is -1.18. The van der Waals surface area contributed by atoms with Crippen molar-refractivity contribution in [3.8, 4) is 0 Å². The molecule has 0 bridgehead atoms. The summed E-state index contributed by atoms with van der Waals surface area (Å²) in [5, 5.41) is 9.09. The predicted octanol–water partition coefficient (Wildman–Crippen LogP) is 0.703. The molecular weight excluding hydrogens is 259 g/mol. The van der Waals surface area contributed by atoms with E-state index in [-0.39, 0.29) is 18.2 Å². The minimum absolute atomic E-state index is 0.127. The molecule has 7 heteroatoms. The second-order valence-electron chi connectivity index (χ2n) is 4.31. The van der Waals surface area contributed by atoms with Crippen LogP contribution in [-0.2, 0) is 10.0 Å². The molecule has 0 radical (unpaired) electrons. The SMILES string of the molecule is CC(C)C(CO)NS(=O)(=O)c1c(N)cccc1F. The van der Waals surface area contributed by atoms with Gasteiger partial charge in [-0.3, -0.25) is 0 Å². The van der Waals surface area contributed by atoms with Crippen molar-refractivity contribution >= 4 is 15.7 Å². The van der Waals surface area contributed by atoms with Gasteiger partial charge in [-0.25, -0.2) is 17.5 Å². The Balaban J connectivity index is 3.15. The van der Waals surface area contributed by atoms with E-state index in [0.29, 0.717) is 0 Å². The first kappa shape index (κ1) is 14.9. The molecule has 5 nitrogen and oxygen atoms in total. The molecule has 0 aliphatic rings. The normalized spacial score (nSPS) is 13.8. The van der Waals surface area contributed by atoms with Crippen LogP contribution in [0.2, 0.25) is 0 Å². The molecule has 1 aromatic rings. The fraction of sp³-hybridized carbons (Fsp3) is 0.455. The van der Waals surface area contributed by atoms with Crippen LogP contribution in [0.3, 0.4) is 0 Å². The van der Waals surface area contributed by atoms with Gasteiger partial charge in [0, 0.05) is 6.04 Å². The molecule has 18 heavy (non-hydrogen) atoms. The number of nitrogens with two attached hydrogens (primary N) is 1. The number of hydrogen-bond acceptors (Lipinski definition) is 4. The molecule has 1 rings (SSSR count). The second kappa shape index (κ2) is 5.64. The summed E-state index contributed by atoms with van der Waals surface area (Å²) in [5.41, 5.74) is 5.32. The summed E-state index contributed by atoms with van der Waals surface area (Å²) in [5.74, 6) is -1.04. The Bertz CT molecular complexity index is 497. The highest BCUT2D eigenvalue weighted by Gasteiger charge is 2.26. The fourth-order valence-electron chi connectivity index (χ4n) is 1.45. The lowest BCUT2D eigenvalue weighted by molar-refractivity contribution is 0.227.